The number of piperazine rings is 1. The number of nitrogens with zero attached hydrogens (tertiary/aromatic N) is 4. The lowest BCUT2D eigenvalue weighted by molar-refractivity contribution is 0.242. The maximum absolute atomic E-state index is 10.6. The maximum atomic E-state index is 10.6. The lowest BCUT2D eigenvalue weighted by atomic mass is 9.87. The summed E-state index contributed by atoms with van der Waals surface area (Å²) in [4.78, 5) is 8.39. The van der Waals surface area contributed by atoms with Crippen molar-refractivity contribution in [1.29, 1.82) is 5.41 Å². The molecule has 28 heavy (non-hydrogen) atoms. The molecule has 0 spiro atoms. The van der Waals surface area contributed by atoms with Crippen molar-refractivity contribution in [3.8, 4) is 0 Å². The van der Waals surface area contributed by atoms with Gasteiger partial charge in [-0.05, 0) is 42.2 Å². The average Bonchev–Trinajstić information content (AvgIpc) is 2.66. The number of hydroxylamine groups is 1. The van der Waals surface area contributed by atoms with Crippen molar-refractivity contribution in [2.24, 2.45) is 0 Å². The number of aromatic nitrogens is 1. The third-order valence-electron chi connectivity index (χ3n) is 5.12. The summed E-state index contributed by atoms with van der Waals surface area (Å²) in [6.07, 6.45) is 1.73. The quantitative estimate of drug-likeness (QED) is 0.444. The van der Waals surface area contributed by atoms with E-state index in [2.05, 4.69) is 30.7 Å². The van der Waals surface area contributed by atoms with Crippen LogP contribution >= 0.6 is 11.6 Å². The van der Waals surface area contributed by atoms with Gasteiger partial charge >= 0.3 is 0 Å². The molecular formula is C21H28ClN5O. The smallest absolute Gasteiger partial charge is 0.223 e. The Hall–Kier alpha value is -2.31. The highest BCUT2D eigenvalue weighted by Crippen LogP contribution is 2.27. The van der Waals surface area contributed by atoms with E-state index >= 15 is 0 Å². The highest BCUT2D eigenvalue weighted by molar-refractivity contribution is 6.32. The third kappa shape index (κ3) is 4.23. The molecule has 0 aliphatic carbocycles. The molecule has 6 nitrogen and oxygen atoms in total. The first kappa shape index (κ1) is 20.4. The molecule has 2 N–H and O–H groups in total. The van der Waals surface area contributed by atoms with Crippen LogP contribution in [0, 0.1) is 5.41 Å². The van der Waals surface area contributed by atoms with Crippen LogP contribution in [0.4, 0.5) is 11.5 Å². The van der Waals surface area contributed by atoms with Crippen molar-refractivity contribution >= 4 is 29.1 Å². The topological polar surface area (TPSA) is 66.7 Å². The van der Waals surface area contributed by atoms with E-state index in [0.717, 1.165) is 10.9 Å². The molecule has 1 aromatic carbocycles. The zero-order valence-corrected chi connectivity index (χ0v) is 17.6. The first-order valence-corrected chi connectivity index (χ1v) is 9.86. The van der Waals surface area contributed by atoms with Gasteiger partial charge in [0.2, 0.25) is 5.96 Å². The lowest BCUT2D eigenvalue weighted by Crippen LogP contribution is -2.57. The summed E-state index contributed by atoms with van der Waals surface area (Å²) in [6, 6.07) is 11.4. The highest BCUT2D eigenvalue weighted by Gasteiger charge is 2.29. The van der Waals surface area contributed by atoms with Crippen LogP contribution in [0.25, 0.3) is 0 Å². The van der Waals surface area contributed by atoms with Gasteiger partial charge in [0.25, 0.3) is 0 Å². The molecule has 0 unspecified atom stereocenters. The lowest BCUT2D eigenvalue weighted by Gasteiger charge is -2.42. The monoisotopic (exact) mass is 401 g/mol. The molecule has 3 rings (SSSR count). The second-order valence-corrected chi connectivity index (χ2v) is 8.64. The molecule has 2 aromatic rings. The standard InChI is InChI=1S/C21H28ClN5O/c1-15-14-25(19-18(22)6-5-11-24-19)12-13-26(15)20(23)27(28)17-9-7-16(8-10-17)21(2,3)4/h5-11,15,23,28H,12-14H2,1-4H3/t15-/m0/s1. The van der Waals surface area contributed by atoms with Gasteiger partial charge in [0, 0.05) is 31.9 Å². The number of guanidine groups is 1. The molecule has 7 heteroatoms. The molecular weight excluding hydrogens is 374 g/mol. The van der Waals surface area contributed by atoms with Crippen LogP contribution in [-0.4, -0.2) is 46.7 Å². The second-order valence-electron chi connectivity index (χ2n) is 8.23. The fraction of sp³-hybridized carbons (Fsp3) is 0.429. The average molecular weight is 402 g/mol. The van der Waals surface area contributed by atoms with Crippen LogP contribution in [0.3, 0.4) is 0 Å². The van der Waals surface area contributed by atoms with Crippen molar-refractivity contribution in [3.63, 3.8) is 0 Å². The minimum Gasteiger partial charge on any atom is -0.352 e. The number of pyridine rings is 1. The fourth-order valence-corrected chi connectivity index (χ4v) is 3.66. The summed E-state index contributed by atoms with van der Waals surface area (Å²) in [5.74, 6) is 0.837. The van der Waals surface area contributed by atoms with Crippen molar-refractivity contribution in [3.05, 3.63) is 53.2 Å². The van der Waals surface area contributed by atoms with Gasteiger partial charge in [-0.3, -0.25) is 10.6 Å². The largest absolute Gasteiger partial charge is 0.352 e. The van der Waals surface area contributed by atoms with E-state index in [-0.39, 0.29) is 17.4 Å². The van der Waals surface area contributed by atoms with E-state index in [0.29, 0.717) is 30.3 Å². The van der Waals surface area contributed by atoms with Gasteiger partial charge in [-0.1, -0.05) is 44.5 Å². The molecule has 0 amide bonds. The first-order chi connectivity index (χ1) is 13.2. The SMILES string of the molecule is C[C@H]1CN(c2ncccc2Cl)CCN1C(=N)N(O)c1ccc(C(C)(C)C)cc1. The van der Waals surface area contributed by atoms with Gasteiger partial charge < -0.3 is 9.80 Å². The zero-order chi connectivity index (χ0) is 20.5. The predicted molar refractivity (Wildman–Crippen MR) is 115 cm³/mol. The van der Waals surface area contributed by atoms with E-state index < -0.39 is 0 Å². The van der Waals surface area contributed by atoms with Gasteiger partial charge in [0.15, 0.2) is 0 Å². The van der Waals surface area contributed by atoms with Gasteiger partial charge in [-0.15, -0.1) is 0 Å². The summed E-state index contributed by atoms with van der Waals surface area (Å²) in [7, 11) is 0. The van der Waals surface area contributed by atoms with E-state index in [1.54, 1.807) is 6.20 Å². The number of nitrogens with one attached hydrogen (secondary N) is 1. The zero-order valence-electron chi connectivity index (χ0n) is 16.9. The van der Waals surface area contributed by atoms with Crippen LogP contribution in [0.1, 0.15) is 33.3 Å². The molecule has 150 valence electrons. The van der Waals surface area contributed by atoms with Crippen LogP contribution < -0.4 is 9.96 Å². The van der Waals surface area contributed by atoms with Crippen LogP contribution in [0.15, 0.2) is 42.6 Å². The number of rotatable bonds is 2. The van der Waals surface area contributed by atoms with Gasteiger partial charge in [-0.2, -0.15) is 5.06 Å². The normalized spacial score (nSPS) is 17.6. The molecule has 0 bridgehead atoms. The molecule has 0 radical (unpaired) electrons. The number of benzene rings is 1. The Balaban J connectivity index is 1.69. The third-order valence-corrected chi connectivity index (χ3v) is 5.41. The Morgan fingerprint density at radius 1 is 1.21 bits per heavy atom. The molecule has 1 atom stereocenters. The molecule has 1 aromatic heterocycles. The Morgan fingerprint density at radius 2 is 1.89 bits per heavy atom. The molecule has 1 aliphatic heterocycles. The summed E-state index contributed by atoms with van der Waals surface area (Å²) in [5.41, 5.74) is 1.81. The molecule has 1 saturated heterocycles. The summed E-state index contributed by atoms with van der Waals surface area (Å²) >= 11 is 6.27. The van der Waals surface area contributed by atoms with Crippen molar-refractivity contribution in [2.45, 2.75) is 39.2 Å². The van der Waals surface area contributed by atoms with Gasteiger partial charge in [-0.25, -0.2) is 4.98 Å². The van der Waals surface area contributed by atoms with Crippen LogP contribution in [0.5, 0.6) is 0 Å². The van der Waals surface area contributed by atoms with Crippen molar-refractivity contribution in [1.82, 2.24) is 9.88 Å². The van der Waals surface area contributed by atoms with E-state index in [1.165, 1.54) is 5.56 Å². The molecule has 1 aliphatic rings. The Kier molecular flexibility index (Phi) is 5.82. The first-order valence-electron chi connectivity index (χ1n) is 9.48. The summed E-state index contributed by atoms with van der Waals surface area (Å²) in [5, 5.41) is 20.7. The van der Waals surface area contributed by atoms with Gasteiger partial charge in [0.1, 0.15) is 5.82 Å². The van der Waals surface area contributed by atoms with Crippen molar-refractivity contribution in [2.75, 3.05) is 29.6 Å². The summed E-state index contributed by atoms with van der Waals surface area (Å²) in [6.45, 7) is 10.4. The van der Waals surface area contributed by atoms with E-state index in [4.69, 9.17) is 17.0 Å². The molecule has 2 heterocycles. The van der Waals surface area contributed by atoms with Gasteiger partial charge in [0.05, 0.1) is 10.7 Å². The minimum absolute atomic E-state index is 0.0304. The van der Waals surface area contributed by atoms with E-state index in [1.807, 2.05) is 48.2 Å². The van der Waals surface area contributed by atoms with Crippen molar-refractivity contribution < 1.29 is 5.21 Å². The number of halogens is 1. The minimum atomic E-state index is 0.0304. The highest BCUT2D eigenvalue weighted by atomic mass is 35.5. The second kappa shape index (κ2) is 7.97. The Bertz CT molecular complexity index is 833. The summed E-state index contributed by atoms with van der Waals surface area (Å²) < 4.78 is 0. The van der Waals surface area contributed by atoms with E-state index in [9.17, 15) is 5.21 Å². The fourth-order valence-electron chi connectivity index (χ4n) is 3.42. The van der Waals surface area contributed by atoms with Crippen LogP contribution in [0.2, 0.25) is 5.02 Å². The number of anilines is 2. The maximum Gasteiger partial charge on any atom is 0.223 e. The predicted octanol–water partition coefficient (Wildman–Crippen LogP) is 4.37. The van der Waals surface area contributed by atoms with Crippen LogP contribution in [-0.2, 0) is 5.41 Å². The molecule has 1 fully saturated rings. The number of hydrogen-bond acceptors (Lipinski definition) is 4. The molecule has 0 saturated carbocycles. The number of hydrogen-bond donors (Lipinski definition) is 2. The Morgan fingerprint density at radius 3 is 2.46 bits per heavy atom. The Labute approximate surface area is 171 Å².